The Labute approximate surface area is 164 Å². The zero-order valence-corrected chi connectivity index (χ0v) is 18.0. The molecule has 3 N–H and O–H groups in total. The molecule has 0 heterocycles. The van der Waals surface area contributed by atoms with Gasteiger partial charge in [-0.25, -0.2) is 0 Å². The van der Waals surface area contributed by atoms with Crippen LogP contribution >= 0.6 is 0 Å². The summed E-state index contributed by atoms with van der Waals surface area (Å²) in [6.07, 6.45) is 1.27. The van der Waals surface area contributed by atoms with E-state index in [1.165, 1.54) is 0 Å². The van der Waals surface area contributed by atoms with Gasteiger partial charge in [0.2, 0.25) is 5.91 Å². The van der Waals surface area contributed by atoms with Crippen LogP contribution in [0.2, 0.25) is 0 Å². The van der Waals surface area contributed by atoms with Crippen LogP contribution in [-0.4, -0.2) is 50.4 Å². The molecule has 0 aromatic heterocycles. The summed E-state index contributed by atoms with van der Waals surface area (Å²) in [7, 11) is 0. The van der Waals surface area contributed by atoms with Gasteiger partial charge in [-0.1, -0.05) is 39.8 Å². The number of rotatable bonds is 7. The van der Waals surface area contributed by atoms with Gasteiger partial charge in [0.15, 0.2) is 0 Å². The van der Waals surface area contributed by atoms with Gasteiger partial charge in [-0.05, 0) is 56.2 Å². The van der Waals surface area contributed by atoms with Gasteiger partial charge in [0.1, 0.15) is 5.75 Å². The Morgan fingerprint density at radius 1 is 1.04 bits per heavy atom. The molecule has 0 bridgehead atoms. The number of amides is 1. The van der Waals surface area contributed by atoms with Gasteiger partial charge >= 0.3 is 0 Å². The molecule has 0 aliphatic carbocycles. The van der Waals surface area contributed by atoms with Crippen molar-refractivity contribution in [3.8, 4) is 5.75 Å². The minimum Gasteiger partial charge on any atom is -0.508 e. The smallest absolute Gasteiger partial charge is 0.223 e. The molecule has 0 radical (unpaired) electrons. The van der Waals surface area contributed by atoms with E-state index < -0.39 is 11.1 Å². The number of carbonyl (C=O) groups excluding carboxylic acids is 1. The minimum absolute atomic E-state index is 0.0992. The number of hydrogen-bond donors (Lipinski definition) is 3. The van der Waals surface area contributed by atoms with Crippen molar-refractivity contribution in [1.82, 2.24) is 4.90 Å². The van der Waals surface area contributed by atoms with Crippen molar-refractivity contribution in [3.63, 3.8) is 0 Å². The molecule has 1 aromatic rings. The third kappa shape index (κ3) is 5.45. The molecule has 0 aliphatic heterocycles. The fraction of sp³-hybridized carbons (Fsp3) is 0.682. The standard InChI is InChI=1S/C22H37NO4/c1-8-22(14-24,15-25)23(21(5,6)7)19(27)12-10-16-9-11-18(26)17(13-16)20(2,3)4/h9,11,13,24-26H,8,10,12,14-15H2,1-7H3. The first-order chi connectivity index (χ1) is 12.3. The molecule has 0 atom stereocenters. The van der Waals surface area contributed by atoms with Crippen LogP contribution in [0.15, 0.2) is 18.2 Å². The molecule has 0 saturated heterocycles. The van der Waals surface area contributed by atoms with E-state index in [1.54, 1.807) is 11.0 Å². The fourth-order valence-corrected chi connectivity index (χ4v) is 3.63. The maximum Gasteiger partial charge on any atom is 0.223 e. The Hall–Kier alpha value is -1.59. The number of phenolic OH excluding ortho intramolecular Hbond substituents is 1. The summed E-state index contributed by atoms with van der Waals surface area (Å²) in [5.41, 5.74) is 0.154. The number of aliphatic hydroxyl groups is 2. The lowest BCUT2D eigenvalue weighted by molar-refractivity contribution is -0.152. The largest absolute Gasteiger partial charge is 0.508 e. The third-order valence-corrected chi connectivity index (χ3v) is 5.14. The normalized spacial score (nSPS) is 12.9. The van der Waals surface area contributed by atoms with Crippen molar-refractivity contribution in [2.75, 3.05) is 13.2 Å². The van der Waals surface area contributed by atoms with E-state index in [4.69, 9.17) is 0 Å². The number of aryl methyl sites for hydroxylation is 1. The molecule has 1 amide bonds. The predicted molar refractivity (Wildman–Crippen MR) is 109 cm³/mol. The third-order valence-electron chi connectivity index (χ3n) is 5.14. The summed E-state index contributed by atoms with van der Waals surface area (Å²) < 4.78 is 0. The lowest BCUT2D eigenvalue weighted by atomic mass is 9.85. The second-order valence-corrected chi connectivity index (χ2v) is 9.40. The molecule has 0 saturated carbocycles. The molecule has 0 spiro atoms. The van der Waals surface area contributed by atoms with Crippen molar-refractivity contribution in [2.24, 2.45) is 0 Å². The van der Waals surface area contributed by atoms with E-state index >= 15 is 0 Å². The number of aliphatic hydroxyl groups excluding tert-OH is 2. The van der Waals surface area contributed by atoms with Gasteiger partial charge in [0.25, 0.3) is 0 Å². The lowest BCUT2D eigenvalue weighted by Gasteiger charge is -2.49. The topological polar surface area (TPSA) is 81.0 Å². The Bertz CT molecular complexity index is 628. The zero-order valence-electron chi connectivity index (χ0n) is 18.0. The summed E-state index contributed by atoms with van der Waals surface area (Å²) in [6, 6.07) is 5.47. The van der Waals surface area contributed by atoms with Crippen LogP contribution in [-0.2, 0) is 16.6 Å². The number of carbonyl (C=O) groups is 1. The molecular weight excluding hydrogens is 342 g/mol. The monoisotopic (exact) mass is 379 g/mol. The van der Waals surface area contributed by atoms with Crippen LogP contribution in [0.3, 0.4) is 0 Å². The summed E-state index contributed by atoms with van der Waals surface area (Å²) in [5.74, 6) is 0.164. The molecular formula is C22H37NO4. The van der Waals surface area contributed by atoms with Crippen LogP contribution in [0, 0.1) is 0 Å². The summed E-state index contributed by atoms with van der Waals surface area (Å²) in [6.45, 7) is 13.2. The van der Waals surface area contributed by atoms with Crippen LogP contribution in [0.25, 0.3) is 0 Å². The number of nitrogens with zero attached hydrogens (tertiary/aromatic N) is 1. The molecule has 1 rings (SSSR count). The maximum atomic E-state index is 13.1. The Kier molecular flexibility index (Phi) is 7.48. The number of benzene rings is 1. The van der Waals surface area contributed by atoms with E-state index in [-0.39, 0.29) is 36.7 Å². The highest BCUT2D eigenvalue weighted by Crippen LogP contribution is 2.32. The highest BCUT2D eigenvalue weighted by molar-refractivity contribution is 5.78. The molecule has 5 nitrogen and oxygen atoms in total. The summed E-state index contributed by atoms with van der Waals surface area (Å²) >= 11 is 0. The van der Waals surface area contributed by atoms with Gasteiger partial charge in [0.05, 0.1) is 18.8 Å². The highest BCUT2D eigenvalue weighted by atomic mass is 16.3. The van der Waals surface area contributed by atoms with Crippen molar-refractivity contribution in [3.05, 3.63) is 29.3 Å². The van der Waals surface area contributed by atoms with Gasteiger partial charge in [0, 0.05) is 12.0 Å². The second-order valence-electron chi connectivity index (χ2n) is 9.40. The molecule has 0 aliphatic rings. The van der Waals surface area contributed by atoms with Crippen LogP contribution in [0.4, 0.5) is 0 Å². The zero-order chi connectivity index (χ0) is 21.0. The molecule has 5 heteroatoms. The van der Waals surface area contributed by atoms with Crippen molar-refractivity contribution < 1.29 is 20.1 Å². The van der Waals surface area contributed by atoms with Crippen molar-refractivity contribution in [2.45, 2.75) is 84.2 Å². The van der Waals surface area contributed by atoms with Gasteiger partial charge in [-0.3, -0.25) is 4.79 Å². The average molecular weight is 380 g/mol. The summed E-state index contributed by atoms with van der Waals surface area (Å²) in [4.78, 5) is 14.7. The van der Waals surface area contributed by atoms with Crippen LogP contribution < -0.4 is 0 Å². The Morgan fingerprint density at radius 2 is 1.59 bits per heavy atom. The van der Waals surface area contributed by atoms with E-state index in [2.05, 4.69) is 0 Å². The lowest BCUT2D eigenvalue weighted by Crippen LogP contribution is -2.63. The number of aromatic hydroxyl groups is 1. The molecule has 1 aromatic carbocycles. The van der Waals surface area contributed by atoms with Crippen LogP contribution in [0.5, 0.6) is 5.75 Å². The highest BCUT2D eigenvalue weighted by Gasteiger charge is 2.43. The van der Waals surface area contributed by atoms with E-state index in [9.17, 15) is 20.1 Å². The van der Waals surface area contributed by atoms with Crippen molar-refractivity contribution in [1.29, 1.82) is 0 Å². The van der Waals surface area contributed by atoms with E-state index in [0.717, 1.165) is 11.1 Å². The maximum absolute atomic E-state index is 13.1. The first kappa shape index (κ1) is 23.4. The molecule has 0 fully saturated rings. The quantitative estimate of drug-likeness (QED) is 0.678. The summed E-state index contributed by atoms with van der Waals surface area (Å²) in [5, 5.41) is 30.0. The van der Waals surface area contributed by atoms with Gasteiger partial charge in [-0.15, -0.1) is 0 Å². The number of phenols is 1. The Balaban J connectivity index is 3.08. The SMILES string of the molecule is CCC(CO)(CO)N(C(=O)CCc1ccc(O)c(C(C)(C)C)c1)C(C)(C)C. The Morgan fingerprint density at radius 3 is 2.00 bits per heavy atom. The minimum atomic E-state index is -0.971. The number of hydrogen-bond acceptors (Lipinski definition) is 4. The average Bonchev–Trinajstić information content (AvgIpc) is 2.56. The van der Waals surface area contributed by atoms with Gasteiger partial charge in [-0.2, -0.15) is 0 Å². The second kappa shape index (κ2) is 8.61. The molecule has 27 heavy (non-hydrogen) atoms. The van der Waals surface area contributed by atoms with E-state index in [0.29, 0.717) is 12.8 Å². The van der Waals surface area contributed by atoms with Crippen molar-refractivity contribution >= 4 is 5.91 Å². The molecule has 154 valence electrons. The first-order valence-electron chi connectivity index (χ1n) is 9.69. The van der Waals surface area contributed by atoms with E-state index in [1.807, 2.05) is 60.6 Å². The van der Waals surface area contributed by atoms with Gasteiger partial charge < -0.3 is 20.2 Å². The fourth-order valence-electron chi connectivity index (χ4n) is 3.63. The van der Waals surface area contributed by atoms with Crippen LogP contribution in [0.1, 0.15) is 72.4 Å². The predicted octanol–water partition coefficient (Wildman–Crippen LogP) is 3.38. The first-order valence-corrected chi connectivity index (χ1v) is 9.69. The molecule has 0 unspecified atom stereocenters.